The molecule has 60 heavy (non-hydrogen) atoms. The summed E-state index contributed by atoms with van der Waals surface area (Å²) in [5.41, 5.74) is 0.335. The second kappa shape index (κ2) is 22.9. The van der Waals surface area contributed by atoms with E-state index in [0.29, 0.717) is 29.6 Å². The van der Waals surface area contributed by atoms with Gasteiger partial charge in [0, 0.05) is 44.5 Å². The van der Waals surface area contributed by atoms with E-state index >= 15 is 0 Å². The third-order valence-electron chi connectivity index (χ3n) is 7.02. The van der Waals surface area contributed by atoms with Crippen LogP contribution in [-0.2, 0) is 22.2 Å². The summed E-state index contributed by atoms with van der Waals surface area (Å²) in [6.45, 7) is 1.85. The van der Waals surface area contributed by atoms with E-state index in [1.807, 2.05) is 0 Å². The molecule has 2 aromatic heterocycles. The fraction of sp³-hybridized carbons (Fsp3) is 0.118. The van der Waals surface area contributed by atoms with Crippen LogP contribution in [0.25, 0.3) is 0 Å². The molecule has 6 rings (SSSR count). The fourth-order valence-corrected chi connectivity index (χ4v) is 7.74. The fourth-order valence-electron chi connectivity index (χ4n) is 4.48. The van der Waals surface area contributed by atoms with E-state index in [9.17, 15) is 38.1 Å². The smallest absolute Gasteiger partial charge is 0.767 e. The Morgan fingerprint density at radius 2 is 0.833 bits per heavy atom. The molecule has 0 aliphatic heterocycles. The Kier molecular flexibility index (Phi) is 19.8. The van der Waals surface area contributed by atoms with Crippen molar-refractivity contribution in [2.45, 2.75) is 13.1 Å². The Labute approximate surface area is 412 Å². The van der Waals surface area contributed by atoms with Gasteiger partial charge in [-0.15, -0.1) is 0 Å². The second-order valence-corrected chi connectivity index (χ2v) is 18.9. The maximum Gasteiger partial charge on any atom is 1.00 e. The van der Waals surface area contributed by atoms with Gasteiger partial charge in [-0.2, -0.15) is 9.98 Å². The van der Waals surface area contributed by atoms with Crippen molar-refractivity contribution < 1.29 is 96.9 Å². The third kappa shape index (κ3) is 15.5. The van der Waals surface area contributed by atoms with Crippen LogP contribution >= 0.6 is 84.7 Å². The van der Waals surface area contributed by atoms with E-state index in [0.717, 1.165) is 47.5 Å². The average molecular weight is 992 g/mol. The van der Waals surface area contributed by atoms with Crippen molar-refractivity contribution in [1.29, 1.82) is 0 Å². The van der Waals surface area contributed by atoms with Crippen LogP contribution in [0.2, 0.25) is 20.1 Å². The first-order chi connectivity index (χ1) is 27.2. The number of benzene rings is 4. The third-order valence-corrected chi connectivity index (χ3v) is 10.8. The van der Waals surface area contributed by atoms with Crippen molar-refractivity contribution >= 4 is 96.5 Å². The molecule has 0 spiro atoms. The van der Waals surface area contributed by atoms with Crippen LogP contribution in [0.4, 0.5) is 0 Å². The quantitative estimate of drug-likeness (QED) is 0.119. The number of hydrogen-bond acceptors (Lipinski definition) is 12. The van der Waals surface area contributed by atoms with Gasteiger partial charge in [-0.3, -0.25) is 18.7 Å². The van der Waals surface area contributed by atoms with Gasteiger partial charge in [0.2, 0.25) is 24.8 Å². The predicted molar refractivity (Wildman–Crippen MR) is 217 cm³/mol. The van der Waals surface area contributed by atoms with Gasteiger partial charge in [0.25, 0.3) is 11.8 Å². The van der Waals surface area contributed by atoms with Crippen molar-refractivity contribution in [2.75, 3.05) is 13.3 Å². The number of aromatic nitrogens is 4. The number of halogens is 4. The number of carbonyl (C=O) groups is 2. The first kappa shape index (κ1) is 52.0. The zero-order chi connectivity index (χ0) is 42.4. The molecule has 304 valence electrons. The number of nitrogens with zero attached hydrogens (tertiary/aromatic N) is 6. The molecule has 2 amide bonds. The van der Waals surface area contributed by atoms with Crippen LogP contribution < -0.4 is 99.1 Å². The van der Waals surface area contributed by atoms with Crippen LogP contribution in [0.1, 0.15) is 31.8 Å². The maximum atomic E-state index is 12.6. The minimum Gasteiger partial charge on any atom is -0.767 e. The summed E-state index contributed by atoms with van der Waals surface area (Å²) in [5.74, 6) is -1.37. The van der Waals surface area contributed by atoms with Crippen LogP contribution in [0, 0.1) is 0 Å². The molecular formula is C34H26Cl4N6Na2O10P2S2. The summed E-state index contributed by atoms with van der Waals surface area (Å²) in [5, 5.41) is 1.95. The van der Waals surface area contributed by atoms with Crippen molar-refractivity contribution in [3.8, 4) is 0 Å². The van der Waals surface area contributed by atoms with Crippen LogP contribution in [0.3, 0.4) is 0 Å². The molecule has 4 aromatic carbocycles. The Morgan fingerprint density at radius 3 is 1.10 bits per heavy atom. The second-order valence-electron chi connectivity index (χ2n) is 11.8. The molecule has 0 saturated carbocycles. The Morgan fingerprint density at radius 1 is 0.567 bits per heavy atom. The Bertz CT molecular complexity index is 2630. The van der Waals surface area contributed by atoms with Gasteiger partial charge < -0.3 is 19.0 Å². The molecular weight excluding hydrogens is 966 g/mol. The topological polar surface area (TPSA) is 211 Å². The molecule has 0 N–H and O–H groups in total. The maximum absolute atomic E-state index is 12.6. The number of rotatable bonds is 10. The zero-order valence-electron chi connectivity index (χ0n) is 31.6. The van der Waals surface area contributed by atoms with Crippen LogP contribution in [0.5, 0.6) is 0 Å². The van der Waals surface area contributed by atoms with Gasteiger partial charge in [0.1, 0.15) is 0 Å². The van der Waals surface area contributed by atoms with Crippen molar-refractivity contribution in [1.82, 2.24) is 17.4 Å². The number of carbonyl (C=O) groups excluding carboxylic acids is 2. The largest absolute Gasteiger partial charge is 1.00 e. The first-order valence-corrected chi connectivity index (χ1v) is 23.1. The van der Waals surface area contributed by atoms with Gasteiger partial charge in [-0.1, -0.05) is 80.1 Å². The SMILES string of the molecule is CP(=O)([O-])On1c(=O)n(Cc2ccc(Cl)cc2)s/c1=N\C(=O)c1ccc(Cl)cc1.CP(=O)([O-])On1c(=O)n(Cc2ccc(Cl)cc2)s/c1=N\C(=O)c1ccc(Cl)cc1.[Na+].[Na+]. The van der Waals surface area contributed by atoms with Gasteiger partial charge in [-0.05, 0) is 107 Å². The van der Waals surface area contributed by atoms with Crippen molar-refractivity contribution in [3.63, 3.8) is 0 Å². The molecule has 6 aromatic rings. The number of amides is 2. The van der Waals surface area contributed by atoms with E-state index in [1.54, 1.807) is 48.5 Å². The van der Waals surface area contributed by atoms with E-state index in [-0.39, 0.29) is 92.9 Å². The standard InChI is InChI=1S/2C17H14Cl2N3O5PS.2Na/c2*1-28(25,26)27-22-16(20-15(23)12-4-8-14(19)9-5-12)29-21(17(22)24)10-11-2-6-13(18)7-3-11;;/h2*2-9H,10H2,1H3,(H,25,26);;/q;;2*+1/p-2/b2*20-16-;;. The normalized spacial score (nSPS) is 13.4. The van der Waals surface area contributed by atoms with E-state index in [4.69, 9.17) is 55.7 Å². The summed E-state index contributed by atoms with van der Waals surface area (Å²) >= 11 is 24.9. The molecule has 0 radical (unpaired) electrons. The van der Waals surface area contributed by atoms with Crippen molar-refractivity contribution in [3.05, 3.63) is 170 Å². The molecule has 0 aliphatic carbocycles. The number of hydrogen-bond donors (Lipinski definition) is 0. The molecule has 0 bridgehead atoms. The summed E-state index contributed by atoms with van der Waals surface area (Å²) in [7, 11) is -8.68. The molecule has 2 unspecified atom stereocenters. The molecule has 2 atom stereocenters. The molecule has 0 fully saturated rings. The first-order valence-electron chi connectivity index (χ1n) is 16.1. The van der Waals surface area contributed by atoms with Gasteiger partial charge in [0.05, 0.1) is 13.1 Å². The zero-order valence-corrected chi connectivity index (χ0v) is 42.1. The predicted octanol–water partition coefficient (Wildman–Crippen LogP) is -1.15. The molecule has 26 heteroatoms. The molecule has 0 aliphatic rings. The minimum absolute atomic E-state index is 0. The Hall–Kier alpha value is -2.32. The van der Waals surface area contributed by atoms with Gasteiger partial charge >= 0.3 is 70.5 Å². The molecule has 2 heterocycles. The van der Waals surface area contributed by atoms with Crippen molar-refractivity contribution in [2.24, 2.45) is 9.98 Å². The minimum atomic E-state index is -4.34. The van der Waals surface area contributed by atoms with Gasteiger partial charge in [-0.25, -0.2) is 17.5 Å². The average Bonchev–Trinajstić information content (AvgIpc) is 3.58. The van der Waals surface area contributed by atoms with E-state index in [1.165, 1.54) is 56.4 Å². The summed E-state index contributed by atoms with van der Waals surface area (Å²) in [4.78, 5) is 80.5. The van der Waals surface area contributed by atoms with Crippen LogP contribution in [0.15, 0.2) is 117 Å². The molecule has 16 nitrogen and oxygen atoms in total. The van der Waals surface area contributed by atoms with Gasteiger partial charge in [0.15, 0.2) is 0 Å². The van der Waals surface area contributed by atoms with E-state index < -0.39 is 38.4 Å². The summed E-state index contributed by atoms with van der Waals surface area (Å²) in [6.07, 6.45) is 0. The van der Waals surface area contributed by atoms with Crippen LogP contribution in [-0.4, -0.2) is 42.5 Å². The molecule has 0 saturated heterocycles. The van der Waals surface area contributed by atoms with E-state index in [2.05, 4.69) is 9.98 Å². The Balaban J connectivity index is 0.000000310. The summed E-state index contributed by atoms with van der Waals surface area (Å²) < 4.78 is 36.1. The monoisotopic (exact) mass is 990 g/mol. The summed E-state index contributed by atoms with van der Waals surface area (Å²) in [6, 6.07) is 25.4.